The van der Waals surface area contributed by atoms with Gasteiger partial charge in [-0.2, -0.15) is 0 Å². The van der Waals surface area contributed by atoms with Gasteiger partial charge in [0, 0.05) is 5.56 Å². The second-order valence-corrected chi connectivity index (χ2v) is 2.41. The summed E-state index contributed by atoms with van der Waals surface area (Å²) in [5.41, 5.74) is 0.248. The van der Waals surface area contributed by atoms with E-state index in [9.17, 15) is 14.0 Å². The van der Waals surface area contributed by atoms with Crippen molar-refractivity contribution in [1.29, 1.82) is 0 Å². The Morgan fingerprint density at radius 3 is 2.58 bits per heavy atom. The van der Waals surface area contributed by atoms with E-state index >= 15 is 0 Å². The van der Waals surface area contributed by atoms with Crippen molar-refractivity contribution < 1.29 is 14.0 Å². The maximum atomic E-state index is 12.9. The third-order valence-electron chi connectivity index (χ3n) is 1.51. The molecule has 0 aliphatic heterocycles. The first-order chi connectivity index (χ1) is 5.65. The van der Waals surface area contributed by atoms with Crippen LogP contribution in [0.25, 0.3) is 0 Å². The molecular formula is C9H7FO2. The Labute approximate surface area is 69.0 Å². The van der Waals surface area contributed by atoms with Crippen LogP contribution in [0.15, 0.2) is 18.2 Å². The van der Waals surface area contributed by atoms with E-state index < -0.39 is 5.82 Å². The maximum Gasteiger partial charge on any atom is 0.162 e. The summed E-state index contributed by atoms with van der Waals surface area (Å²) < 4.78 is 12.9. The number of halogens is 1. The van der Waals surface area contributed by atoms with Gasteiger partial charge in [-0.25, -0.2) is 4.39 Å². The Morgan fingerprint density at radius 1 is 1.50 bits per heavy atom. The molecule has 0 N–H and O–H groups in total. The van der Waals surface area contributed by atoms with Gasteiger partial charge in [0.2, 0.25) is 0 Å². The van der Waals surface area contributed by atoms with Crippen LogP contribution in [0.2, 0.25) is 0 Å². The molecule has 0 saturated heterocycles. The summed E-state index contributed by atoms with van der Waals surface area (Å²) in [6.07, 6.45) is 0.535. The average molecular weight is 166 g/mol. The minimum Gasteiger partial charge on any atom is -0.298 e. The number of benzene rings is 1. The highest BCUT2D eigenvalue weighted by Gasteiger charge is 2.06. The summed E-state index contributed by atoms with van der Waals surface area (Å²) in [6, 6.07) is 3.76. The predicted molar refractivity (Wildman–Crippen MR) is 41.8 cm³/mol. The Kier molecular flexibility index (Phi) is 2.33. The summed E-state index contributed by atoms with van der Waals surface area (Å²) in [5.74, 6) is -0.989. The minimum atomic E-state index is -0.646. The van der Waals surface area contributed by atoms with Gasteiger partial charge in [-0.05, 0) is 19.1 Å². The normalized spacial score (nSPS) is 9.50. The molecule has 0 atom stereocenters. The van der Waals surface area contributed by atoms with Crippen LogP contribution < -0.4 is 0 Å². The molecule has 0 aliphatic rings. The van der Waals surface area contributed by atoms with Gasteiger partial charge in [-0.15, -0.1) is 0 Å². The molecule has 0 spiro atoms. The molecule has 0 unspecified atom stereocenters. The molecule has 1 aromatic carbocycles. The van der Waals surface area contributed by atoms with Crippen molar-refractivity contribution in [3.8, 4) is 0 Å². The Hall–Kier alpha value is -1.51. The fourth-order valence-electron chi connectivity index (χ4n) is 0.890. The number of hydrogen-bond donors (Lipinski definition) is 0. The molecule has 12 heavy (non-hydrogen) atoms. The zero-order chi connectivity index (χ0) is 9.14. The zero-order valence-electron chi connectivity index (χ0n) is 6.50. The largest absolute Gasteiger partial charge is 0.298 e. The summed E-state index contributed by atoms with van der Waals surface area (Å²) in [6.45, 7) is 1.28. The third-order valence-corrected chi connectivity index (χ3v) is 1.51. The molecule has 0 fully saturated rings. The third kappa shape index (κ3) is 1.56. The highest BCUT2D eigenvalue weighted by molar-refractivity contribution is 5.94. The topological polar surface area (TPSA) is 34.1 Å². The van der Waals surface area contributed by atoms with Gasteiger partial charge in [0.05, 0.1) is 5.56 Å². The molecule has 0 amide bonds. The fourth-order valence-corrected chi connectivity index (χ4v) is 0.890. The molecule has 0 bridgehead atoms. The first-order valence-corrected chi connectivity index (χ1v) is 3.41. The second kappa shape index (κ2) is 3.26. The quantitative estimate of drug-likeness (QED) is 0.496. The number of carbonyl (C=O) groups is 2. The predicted octanol–water partition coefficient (Wildman–Crippen LogP) is 1.84. The number of carbonyl (C=O) groups excluding carboxylic acids is 2. The van der Waals surface area contributed by atoms with Crippen LogP contribution in [-0.2, 0) is 0 Å². The van der Waals surface area contributed by atoms with E-state index in [0.717, 1.165) is 6.07 Å². The van der Waals surface area contributed by atoms with E-state index in [0.29, 0.717) is 6.29 Å². The minimum absolute atomic E-state index is 0.0144. The Balaban J connectivity index is 3.20. The lowest BCUT2D eigenvalue weighted by Crippen LogP contribution is -1.97. The highest BCUT2D eigenvalue weighted by atomic mass is 19.1. The van der Waals surface area contributed by atoms with E-state index in [1.807, 2.05) is 0 Å². The number of rotatable bonds is 2. The average Bonchev–Trinajstić information content (AvgIpc) is 2.03. The van der Waals surface area contributed by atoms with Crippen LogP contribution in [-0.4, -0.2) is 12.1 Å². The second-order valence-electron chi connectivity index (χ2n) is 2.41. The van der Waals surface area contributed by atoms with Crippen molar-refractivity contribution in [3.63, 3.8) is 0 Å². The molecule has 1 aromatic rings. The van der Waals surface area contributed by atoms with Crippen molar-refractivity contribution in [1.82, 2.24) is 0 Å². The summed E-state index contributed by atoms with van der Waals surface area (Å²) in [4.78, 5) is 20.9. The van der Waals surface area contributed by atoms with Crippen molar-refractivity contribution >= 4 is 12.1 Å². The van der Waals surface area contributed by atoms with Crippen LogP contribution in [0.4, 0.5) is 4.39 Å². The molecule has 0 saturated carbocycles. The van der Waals surface area contributed by atoms with Crippen LogP contribution in [0.1, 0.15) is 27.6 Å². The lowest BCUT2D eigenvalue weighted by atomic mass is 10.1. The van der Waals surface area contributed by atoms with E-state index in [2.05, 4.69) is 0 Å². The van der Waals surface area contributed by atoms with E-state index in [1.54, 1.807) is 0 Å². The summed E-state index contributed by atoms with van der Waals surface area (Å²) in [5, 5.41) is 0. The van der Waals surface area contributed by atoms with Crippen LogP contribution in [0, 0.1) is 5.82 Å². The monoisotopic (exact) mass is 166 g/mol. The number of Topliss-reactive ketones (excluding diaryl/α,β-unsaturated/α-hetero) is 1. The molecule has 0 radical (unpaired) electrons. The Bertz CT molecular complexity index is 331. The SMILES string of the molecule is CC(=O)c1ccc(C=O)cc1F. The van der Waals surface area contributed by atoms with Gasteiger partial charge in [0.25, 0.3) is 0 Å². The smallest absolute Gasteiger partial charge is 0.162 e. The molecular weight excluding hydrogens is 159 g/mol. The van der Waals surface area contributed by atoms with Crippen LogP contribution in [0.5, 0.6) is 0 Å². The van der Waals surface area contributed by atoms with Gasteiger partial charge >= 0.3 is 0 Å². The fraction of sp³-hybridized carbons (Fsp3) is 0.111. The lowest BCUT2D eigenvalue weighted by molar-refractivity contribution is 0.101. The van der Waals surface area contributed by atoms with E-state index in [-0.39, 0.29) is 16.9 Å². The van der Waals surface area contributed by atoms with Crippen molar-refractivity contribution in [2.24, 2.45) is 0 Å². The molecule has 0 heterocycles. The van der Waals surface area contributed by atoms with Crippen molar-refractivity contribution in [2.75, 3.05) is 0 Å². The van der Waals surface area contributed by atoms with E-state index in [4.69, 9.17) is 0 Å². The highest BCUT2D eigenvalue weighted by Crippen LogP contribution is 2.09. The zero-order valence-corrected chi connectivity index (χ0v) is 6.50. The standard InChI is InChI=1S/C9H7FO2/c1-6(12)8-3-2-7(5-11)4-9(8)10/h2-5H,1H3. The van der Waals surface area contributed by atoms with Crippen molar-refractivity contribution in [3.05, 3.63) is 35.1 Å². The maximum absolute atomic E-state index is 12.9. The molecule has 0 aliphatic carbocycles. The van der Waals surface area contributed by atoms with E-state index in [1.165, 1.54) is 19.1 Å². The van der Waals surface area contributed by atoms with Crippen molar-refractivity contribution in [2.45, 2.75) is 6.92 Å². The Morgan fingerprint density at radius 2 is 2.17 bits per heavy atom. The van der Waals surface area contributed by atoms with Gasteiger partial charge < -0.3 is 0 Å². The van der Waals surface area contributed by atoms with Gasteiger partial charge in [0.15, 0.2) is 5.78 Å². The van der Waals surface area contributed by atoms with Crippen LogP contribution in [0.3, 0.4) is 0 Å². The summed E-state index contributed by atoms with van der Waals surface area (Å²) >= 11 is 0. The van der Waals surface area contributed by atoms with Crippen LogP contribution >= 0.6 is 0 Å². The number of ketones is 1. The molecule has 1 rings (SSSR count). The molecule has 0 aromatic heterocycles. The van der Waals surface area contributed by atoms with Gasteiger partial charge in [0.1, 0.15) is 12.1 Å². The van der Waals surface area contributed by atoms with Gasteiger partial charge in [-0.3, -0.25) is 9.59 Å². The first-order valence-electron chi connectivity index (χ1n) is 3.41. The van der Waals surface area contributed by atoms with Gasteiger partial charge in [-0.1, -0.05) is 6.07 Å². The molecule has 2 nitrogen and oxygen atoms in total. The molecule has 62 valence electrons. The molecule has 3 heteroatoms. The summed E-state index contributed by atoms with van der Waals surface area (Å²) in [7, 11) is 0. The lowest BCUT2D eigenvalue weighted by Gasteiger charge is -1.97. The number of aldehydes is 1. The number of hydrogen-bond acceptors (Lipinski definition) is 2. The first kappa shape index (κ1) is 8.59.